The number of fused-ring (bicyclic) bond motifs is 1. The highest BCUT2D eigenvalue weighted by Crippen LogP contribution is 2.23. The topological polar surface area (TPSA) is 381 Å². The number of aromatic nitrogens is 1. The van der Waals surface area contributed by atoms with E-state index in [0.717, 1.165) is 4.90 Å². The van der Waals surface area contributed by atoms with Gasteiger partial charge in [-0.3, -0.25) is 43.2 Å². The first-order chi connectivity index (χ1) is 38.4. The number of para-hydroxylation sites is 1. The van der Waals surface area contributed by atoms with Crippen LogP contribution in [0.4, 0.5) is 0 Å². The van der Waals surface area contributed by atoms with Crippen molar-refractivity contribution in [1.29, 1.82) is 0 Å². The molecule has 0 bridgehead atoms. The number of likely N-dealkylation sites (tertiary alicyclic amines) is 1. The molecule has 14 N–H and O–H groups in total. The summed E-state index contributed by atoms with van der Waals surface area (Å²) in [6, 6.07) is 9.39. The van der Waals surface area contributed by atoms with Crippen LogP contribution < -0.4 is 43.0 Å². The van der Waals surface area contributed by atoms with Gasteiger partial charge in [-0.05, 0) is 85.8 Å². The second-order valence-electron chi connectivity index (χ2n) is 21.2. The van der Waals surface area contributed by atoms with Crippen LogP contribution in [0.25, 0.3) is 10.9 Å². The molecule has 1 saturated heterocycles. The molecule has 438 valence electrons. The molecular weight excluding hydrogens is 1050 g/mol. The molecule has 3 aromatic carbocycles. The molecule has 1 fully saturated rings. The van der Waals surface area contributed by atoms with Gasteiger partial charge < -0.3 is 73.3 Å². The summed E-state index contributed by atoms with van der Waals surface area (Å²) in [6.45, 7) is 7.67. The van der Waals surface area contributed by atoms with Crippen LogP contribution in [0.5, 0.6) is 5.75 Å². The standard InChI is InChI=1S/C57H76N10O14/c1-31(2)24-39(58)50(73)63-42(27-35-17-19-37(69)20-18-35)51(74)60-33(5)49(72)62-44(28-36-29-59-40-15-10-9-14-38(36)40)53(76)61-41(21-22-48(70)71)56(79)67-23-11-16-47(67)55(78)66-46(30-68)54(77)64-43(26-34-12-7-6-8-13-34)52(75)65-45(57(80)81)25-32(3)4/h6-10,12-15,17-20,29,31-33,39,41-47,59,68-69H,11,16,21-28,30,58H2,1-5H3,(H,60,74)(H,61,76)(H,62,72)(H,63,73)(H,64,77)(H,65,75)(H,66,78)(H,70,71)(H,80,81)/t33-,39-,41-,42-,43-,44-,45-,46-,47-/m0/s1. The van der Waals surface area contributed by atoms with Crippen LogP contribution in [-0.4, -0.2) is 157 Å². The maximum absolute atomic E-state index is 14.6. The Morgan fingerprint density at radius 2 is 1.14 bits per heavy atom. The zero-order valence-electron chi connectivity index (χ0n) is 46.1. The van der Waals surface area contributed by atoms with Gasteiger partial charge in [-0.2, -0.15) is 0 Å². The largest absolute Gasteiger partial charge is 0.508 e. The maximum atomic E-state index is 14.6. The quantitative estimate of drug-likeness (QED) is 0.0341. The zero-order chi connectivity index (χ0) is 59.5. The number of aliphatic hydroxyl groups is 1. The number of aliphatic carboxylic acids is 2. The van der Waals surface area contributed by atoms with Gasteiger partial charge in [0, 0.05) is 49.3 Å². The summed E-state index contributed by atoms with van der Waals surface area (Å²) in [6.07, 6.45) is 0.936. The van der Waals surface area contributed by atoms with E-state index in [-0.39, 0.29) is 62.7 Å². The highest BCUT2D eigenvalue weighted by molar-refractivity contribution is 5.99. The number of rotatable bonds is 30. The summed E-state index contributed by atoms with van der Waals surface area (Å²) < 4.78 is 0. The number of aromatic amines is 1. The molecule has 24 heteroatoms. The first-order valence-electron chi connectivity index (χ1n) is 27.0. The predicted octanol–water partition coefficient (Wildman–Crippen LogP) is 0.667. The molecule has 2 heterocycles. The van der Waals surface area contributed by atoms with Crippen molar-refractivity contribution in [1.82, 2.24) is 47.1 Å². The number of aliphatic hydroxyl groups excluding tert-OH is 1. The van der Waals surface area contributed by atoms with Crippen molar-refractivity contribution in [3.8, 4) is 5.75 Å². The average molecular weight is 1130 g/mol. The summed E-state index contributed by atoms with van der Waals surface area (Å²) in [7, 11) is 0. The number of benzene rings is 3. The molecule has 81 heavy (non-hydrogen) atoms. The summed E-state index contributed by atoms with van der Waals surface area (Å²) in [5.41, 5.74) is 8.57. The number of aromatic hydroxyl groups is 1. The molecule has 5 rings (SSSR count). The van der Waals surface area contributed by atoms with Crippen molar-refractivity contribution in [2.24, 2.45) is 17.6 Å². The van der Waals surface area contributed by atoms with Gasteiger partial charge in [-0.25, -0.2) is 4.79 Å². The summed E-state index contributed by atoms with van der Waals surface area (Å²) in [5, 5.41) is 58.5. The van der Waals surface area contributed by atoms with Crippen LogP contribution in [0.2, 0.25) is 0 Å². The molecule has 9 atom stereocenters. The molecule has 8 amide bonds. The van der Waals surface area contributed by atoms with Crippen LogP contribution in [-0.2, 0) is 67.2 Å². The third kappa shape index (κ3) is 19.2. The summed E-state index contributed by atoms with van der Waals surface area (Å²) >= 11 is 0. The third-order valence-electron chi connectivity index (χ3n) is 13.7. The van der Waals surface area contributed by atoms with Crippen molar-refractivity contribution in [3.63, 3.8) is 0 Å². The predicted molar refractivity (Wildman–Crippen MR) is 296 cm³/mol. The summed E-state index contributed by atoms with van der Waals surface area (Å²) in [4.78, 5) is 140. The van der Waals surface area contributed by atoms with E-state index in [1.807, 2.05) is 13.8 Å². The van der Waals surface area contributed by atoms with Crippen LogP contribution in [0.15, 0.2) is 85.1 Å². The smallest absolute Gasteiger partial charge is 0.326 e. The lowest BCUT2D eigenvalue weighted by Crippen LogP contribution is -2.60. The fourth-order valence-electron chi connectivity index (χ4n) is 9.44. The number of carbonyl (C=O) groups is 10. The Balaban J connectivity index is 1.34. The number of hydrogen-bond acceptors (Lipinski definition) is 13. The fourth-order valence-corrected chi connectivity index (χ4v) is 9.44. The van der Waals surface area contributed by atoms with E-state index in [9.17, 15) is 68.4 Å². The Bertz CT molecular complexity index is 2840. The molecule has 1 aromatic heterocycles. The molecule has 4 aromatic rings. The fraction of sp³-hybridized carbons (Fsp3) is 0.474. The molecule has 0 unspecified atom stereocenters. The third-order valence-corrected chi connectivity index (χ3v) is 13.7. The minimum atomic E-state index is -1.67. The number of hydrogen-bond donors (Lipinski definition) is 13. The first kappa shape index (κ1) is 63.5. The number of H-pyrrole nitrogens is 1. The molecule has 0 aliphatic carbocycles. The van der Waals surface area contributed by atoms with E-state index in [4.69, 9.17) is 5.73 Å². The van der Waals surface area contributed by atoms with Gasteiger partial charge in [0.05, 0.1) is 12.6 Å². The van der Waals surface area contributed by atoms with Crippen LogP contribution >= 0.6 is 0 Å². The molecular formula is C57H76N10O14. The minimum absolute atomic E-state index is 0.0248. The lowest BCUT2D eigenvalue weighted by atomic mass is 10.0. The van der Waals surface area contributed by atoms with Crippen LogP contribution in [0, 0.1) is 11.8 Å². The number of carbonyl (C=O) groups excluding carboxylic acids is 8. The van der Waals surface area contributed by atoms with E-state index in [1.165, 1.54) is 19.1 Å². The van der Waals surface area contributed by atoms with Crippen molar-refractivity contribution in [3.05, 3.63) is 102 Å². The molecule has 24 nitrogen and oxygen atoms in total. The SMILES string of the molecule is CC(C)C[C@H](NC(=O)[C@H](Cc1ccccc1)NC(=O)[C@H](CO)NC(=O)[C@@H]1CCCN1C(=O)[C@H](CCC(=O)O)NC(=O)[C@H](Cc1c[nH]c2ccccc12)NC(=O)[C@H](C)NC(=O)[C@H](Cc1ccc(O)cc1)NC(=O)[C@@H](N)CC(C)C)C(=O)O. The Kier molecular flexibility index (Phi) is 23.7. The maximum Gasteiger partial charge on any atom is 0.326 e. The normalized spacial score (nSPS) is 16.2. The average Bonchev–Trinajstić information content (AvgIpc) is 4.18. The number of phenolic OH excluding ortho intramolecular Hbond substituents is 1. The Labute approximate surface area is 469 Å². The van der Waals surface area contributed by atoms with Gasteiger partial charge in [0.15, 0.2) is 0 Å². The summed E-state index contributed by atoms with van der Waals surface area (Å²) in [5.74, 6) is -9.44. The van der Waals surface area contributed by atoms with Crippen LogP contribution in [0.1, 0.15) is 89.8 Å². The van der Waals surface area contributed by atoms with Crippen molar-refractivity contribution >= 4 is 70.1 Å². The molecule has 1 aliphatic rings. The number of phenols is 1. The van der Waals surface area contributed by atoms with Gasteiger partial charge in [-0.1, -0.05) is 88.4 Å². The first-order valence-corrected chi connectivity index (χ1v) is 27.0. The number of nitrogens with one attached hydrogen (secondary N) is 8. The van der Waals surface area contributed by atoms with E-state index >= 15 is 0 Å². The lowest BCUT2D eigenvalue weighted by Gasteiger charge is -2.31. The van der Waals surface area contributed by atoms with Crippen molar-refractivity contribution in [2.45, 2.75) is 147 Å². The van der Waals surface area contributed by atoms with E-state index < -0.39 is 133 Å². The second-order valence-corrected chi connectivity index (χ2v) is 21.2. The van der Waals surface area contributed by atoms with Gasteiger partial charge in [0.1, 0.15) is 54.1 Å². The monoisotopic (exact) mass is 1120 g/mol. The lowest BCUT2D eigenvalue weighted by molar-refractivity contribution is -0.144. The molecule has 0 radical (unpaired) electrons. The molecule has 0 saturated carbocycles. The highest BCUT2D eigenvalue weighted by atomic mass is 16.4. The highest BCUT2D eigenvalue weighted by Gasteiger charge is 2.41. The number of carboxylic acids is 2. The Hall–Kier alpha value is -8.38. The Morgan fingerprint density at radius 3 is 1.74 bits per heavy atom. The van der Waals surface area contributed by atoms with Gasteiger partial charge in [-0.15, -0.1) is 0 Å². The van der Waals surface area contributed by atoms with Crippen LogP contribution in [0.3, 0.4) is 0 Å². The van der Waals surface area contributed by atoms with E-state index in [0.29, 0.717) is 34.0 Å². The number of nitrogens with two attached hydrogens (primary N) is 1. The van der Waals surface area contributed by atoms with E-state index in [1.54, 1.807) is 86.8 Å². The van der Waals surface area contributed by atoms with Gasteiger partial charge in [0.2, 0.25) is 47.3 Å². The molecule has 1 aliphatic heterocycles. The zero-order valence-corrected chi connectivity index (χ0v) is 46.1. The number of carboxylic acid groups (broad SMARTS) is 2. The van der Waals surface area contributed by atoms with Crippen molar-refractivity contribution in [2.75, 3.05) is 13.2 Å². The van der Waals surface area contributed by atoms with E-state index in [2.05, 4.69) is 42.2 Å². The van der Waals surface area contributed by atoms with Crippen molar-refractivity contribution < 1.29 is 68.4 Å². The number of amides is 8. The Morgan fingerprint density at radius 1 is 0.605 bits per heavy atom. The molecule has 0 spiro atoms. The van der Waals surface area contributed by atoms with Gasteiger partial charge >= 0.3 is 11.9 Å². The second kappa shape index (κ2) is 30.3. The minimum Gasteiger partial charge on any atom is -0.508 e. The number of nitrogens with zero attached hydrogens (tertiary/aromatic N) is 1. The van der Waals surface area contributed by atoms with Gasteiger partial charge in [0.25, 0.3) is 0 Å².